The molecule has 4 unspecified atom stereocenters. The van der Waals surface area contributed by atoms with Crippen LogP contribution in [-0.4, -0.2) is 9.75 Å². The lowest BCUT2D eigenvalue weighted by atomic mass is 9.70. The minimum absolute atomic E-state index is 0.164. The topological polar surface area (TPSA) is 52.0 Å². The smallest absolute Gasteiger partial charge is 0.0740 e. The Bertz CT molecular complexity index is 578. The molecular formula is C21H32Cl2N2. The molecule has 0 aromatic heterocycles. The van der Waals surface area contributed by atoms with Gasteiger partial charge in [-0.25, -0.2) is 0 Å². The van der Waals surface area contributed by atoms with Crippen molar-refractivity contribution in [2.75, 3.05) is 0 Å². The summed E-state index contributed by atoms with van der Waals surface area (Å²) in [6, 6.07) is 0. The van der Waals surface area contributed by atoms with E-state index in [1.54, 1.807) is 0 Å². The third kappa shape index (κ3) is 3.40. The molecule has 2 rings (SSSR count). The van der Waals surface area contributed by atoms with Crippen LogP contribution in [0.3, 0.4) is 0 Å². The van der Waals surface area contributed by atoms with Crippen LogP contribution in [0.2, 0.25) is 0 Å². The molecule has 4 atom stereocenters. The summed E-state index contributed by atoms with van der Waals surface area (Å²) in [4.78, 5) is -0.872. The summed E-state index contributed by atoms with van der Waals surface area (Å²) < 4.78 is 0. The molecule has 0 fully saturated rings. The number of nitrogens with two attached hydrogens (primary N) is 2. The molecule has 2 nitrogen and oxygen atoms in total. The van der Waals surface area contributed by atoms with E-state index in [9.17, 15) is 0 Å². The molecular weight excluding hydrogens is 351 g/mol. The van der Waals surface area contributed by atoms with E-state index in [-0.39, 0.29) is 11.8 Å². The van der Waals surface area contributed by atoms with E-state index in [0.29, 0.717) is 0 Å². The fraction of sp³-hybridized carbons (Fsp3) is 0.619. The molecule has 0 heterocycles. The van der Waals surface area contributed by atoms with Crippen LogP contribution in [0.1, 0.15) is 59.8 Å². The Morgan fingerprint density at radius 3 is 1.40 bits per heavy atom. The number of alkyl halides is 2. The molecule has 2 aliphatic rings. The first-order valence-electron chi connectivity index (χ1n) is 9.49. The summed E-state index contributed by atoms with van der Waals surface area (Å²) in [5, 5.41) is 0. The maximum absolute atomic E-state index is 7.14. The van der Waals surface area contributed by atoms with Gasteiger partial charge >= 0.3 is 0 Å². The fourth-order valence-corrected chi connectivity index (χ4v) is 5.38. The van der Waals surface area contributed by atoms with Crippen LogP contribution >= 0.6 is 23.2 Å². The lowest BCUT2D eigenvalue weighted by Gasteiger charge is -2.43. The predicted molar refractivity (Wildman–Crippen MR) is 111 cm³/mol. The first-order chi connectivity index (χ1) is 11.8. The Kier molecular flexibility index (Phi) is 6.38. The summed E-state index contributed by atoms with van der Waals surface area (Å²) in [5.41, 5.74) is 16.7. The van der Waals surface area contributed by atoms with Crippen molar-refractivity contribution in [3.63, 3.8) is 0 Å². The van der Waals surface area contributed by atoms with Gasteiger partial charge in [0, 0.05) is 23.2 Å². The highest BCUT2D eigenvalue weighted by Gasteiger charge is 2.45. The average molecular weight is 383 g/mol. The summed E-state index contributed by atoms with van der Waals surface area (Å²) in [6.07, 6.45) is 12.6. The average Bonchev–Trinajstić information content (AvgIpc) is 2.60. The Morgan fingerprint density at radius 1 is 0.760 bits per heavy atom. The number of hydrogen-bond acceptors (Lipinski definition) is 2. The largest absolute Gasteiger partial charge is 0.402 e. The van der Waals surface area contributed by atoms with Gasteiger partial charge in [-0.1, -0.05) is 39.8 Å². The minimum atomic E-state index is -0.436. The van der Waals surface area contributed by atoms with Gasteiger partial charge in [0.1, 0.15) is 0 Å². The molecule has 0 spiro atoms. The quantitative estimate of drug-likeness (QED) is 0.572. The number of hydrogen-bond donors (Lipinski definition) is 2. The van der Waals surface area contributed by atoms with E-state index >= 15 is 0 Å². The monoisotopic (exact) mass is 382 g/mol. The van der Waals surface area contributed by atoms with E-state index < -0.39 is 9.75 Å². The molecule has 25 heavy (non-hydrogen) atoms. The number of allylic oxidation sites excluding steroid dienone is 8. The van der Waals surface area contributed by atoms with Gasteiger partial charge in [0.05, 0.1) is 9.75 Å². The van der Waals surface area contributed by atoms with Crippen molar-refractivity contribution < 1.29 is 0 Å². The first kappa shape index (κ1) is 20.5. The zero-order valence-corrected chi connectivity index (χ0v) is 17.4. The number of rotatable bonds is 6. The van der Waals surface area contributed by atoms with Gasteiger partial charge in [-0.3, -0.25) is 0 Å². The van der Waals surface area contributed by atoms with E-state index in [2.05, 4.69) is 39.8 Å². The lowest BCUT2D eigenvalue weighted by Crippen LogP contribution is -2.42. The van der Waals surface area contributed by atoms with Crippen LogP contribution in [0.4, 0.5) is 0 Å². The van der Waals surface area contributed by atoms with Crippen molar-refractivity contribution in [1.82, 2.24) is 0 Å². The van der Waals surface area contributed by atoms with Crippen molar-refractivity contribution in [3.8, 4) is 0 Å². The Morgan fingerprint density at radius 2 is 1.12 bits per heavy atom. The second kappa shape index (κ2) is 7.80. The summed E-state index contributed by atoms with van der Waals surface area (Å²) in [7, 11) is 0. The summed E-state index contributed by atoms with van der Waals surface area (Å²) >= 11 is 14.3. The van der Waals surface area contributed by atoms with Crippen LogP contribution in [0, 0.1) is 11.8 Å². The minimum Gasteiger partial charge on any atom is -0.402 e. The van der Waals surface area contributed by atoms with Gasteiger partial charge in [0.2, 0.25) is 0 Å². The van der Waals surface area contributed by atoms with Crippen LogP contribution in [0.25, 0.3) is 0 Å². The molecule has 4 N–H and O–H groups in total. The van der Waals surface area contributed by atoms with Gasteiger partial charge in [0.15, 0.2) is 0 Å². The molecule has 0 saturated heterocycles. The van der Waals surface area contributed by atoms with Gasteiger partial charge in [-0.15, -0.1) is 23.2 Å². The van der Waals surface area contributed by atoms with Crippen LogP contribution in [0.15, 0.2) is 46.8 Å². The molecule has 0 aromatic carbocycles. The van der Waals surface area contributed by atoms with Gasteiger partial charge in [0.25, 0.3) is 0 Å². The highest BCUT2D eigenvalue weighted by Crippen LogP contribution is 2.50. The van der Waals surface area contributed by atoms with Gasteiger partial charge < -0.3 is 11.5 Å². The third-order valence-electron chi connectivity index (χ3n) is 6.16. The van der Waals surface area contributed by atoms with Crippen LogP contribution < -0.4 is 11.5 Å². The molecule has 0 saturated carbocycles. The van der Waals surface area contributed by atoms with Crippen molar-refractivity contribution in [3.05, 3.63) is 46.8 Å². The highest BCUT2D eigenvalue weighted by molar-refractivity contribution is 6.27. The molecule has 4 heteroatoms. The summed E-state index contributed by atoms with van der Waals surface area (Å²) in [5.74, 6) is 0.328. The predicted octanol–water partition coefficient (Wildman–Crippen LogP) is 5.77. The second-order valence-corrected chi connectivity index (χ2v) is 8.60. The standard InChI is InChI=1S/C21H32Cl2N2/c1-5-16-18(24)11-9-14(20(16,22)7-3)13-15-10-12-19(25)17(6-2)21(15,23)8-4/h9-12,16-17H,5-8,13,24-25H2,1-4H3. The fourth-order valence-electron chi connectivity index (χ4n) is 4.56. The molecule has 0 aromatic rings. The van der Waals surface area contributed by atoms with Crippen LogP contribution in [-0.2, 0) is 0 Å². The SMILES string of the molecule is CCC1C(N)=CC=C(CC2=CC=C(N)C(CC)C2(Cl)CC)C1(Cl)CC. The molecule has 0 radical (unpaired) electrons. The lowest BCUT2D eigenvalue weighted by molar-refractivity contribution is 0.403. The van der Waals surface area contributed by atoms with E-state index in [1.165, 1.54) is 11.1 Å². The highest BCUT2D eigenvalue weighted by atomic mass is 35.5. The second-order valence-electron chi connectivity index (χ2n) is 7.25. The van der Waals surface area contributed by atoms with Crippen molar-refractivity contribution >= 4 is 23.2 Å². The maximum atomic E-state index is 7.14. The zero-order valence-electron chi connectivity index (χ0n) is 15.9. The van der Waals surface area contributed by atoms with E-state index in [4.69, 9.17) is 34.7 Å². The zero-order chi connectivity index (χ0) is 18.8. The molecule has 0 aliphatic heterocycles. The Labute approximate surface area is 163 Å². The van der Waals surface area contributed by atoms with E-state index in [0.717, 1.165) is 43.5 Å². The molecule has 0 amide bonds. The van der Waals surface area contributed by atoms with Gasteiger partial charge in [-0.2, -0.15) is 0 Å². The first-order valence-corrected chi connectivity index (χ1v) is 10.2. The Balaban J connectivity index is 2.43. The van der Waals surface area contributed by atoms with Crippen molar-refractivity contribution in [1.29, 1.82) is 0 Å². The van der Waals surface area contributed by atoms with Crippen LogP contribution in [0.5, 0.6) is 0 Å². The van der Waals surface area contributed by atoms with Gasteiger partial charge in [-0.05, 0) is 55.4 Å². The summed E-state index contributed by atoms with van der Waals surface area (Å²) in [6.45, 7) is 8.57. The number of halogens is 2. The molecule has 140 valence electrons. The van der Waals surface area contributed by atoms with E-state index in [1.807, 2.05) is 12.2 Å². The third-order valence-corrected chi connectivity index (χ3v) is 7.70. The Hall–Kier alpha value is -0.860. The molecule has 2 aliphatic carbocycles. The maximum Gasteiger partial charge on any atom is 0.0740 e. The normalized spacial score (nSPS) is 35.6. The van der Waals surface area contributed by atoms with Crippen molar-refractivity contribution in [2.24, 2.45) is 23.3 Å². The molecule has 0 bridgehead atoms. The van der Waals surface area contributed by atoms with Crippen molar-refractivity contribution in [2.45, 2.75) is 69.5 Å².